The Bertz CT molecular complexity index is 181. The minimum Gasteiger partial charge on any atom is -0.360 e. The molecule has 70 valence electrons. The van der Waals surface area contributed by atoms with Crippen molar-refractivity contribution in [2.75, 3.05) is 13.7 Å². The summed E-state index contributed by atoms with van der Waals surface area (Å²) < 4.78 is 5.53. The van der Waals surface area contributed by atoms with Crippen molar-refractivity contribution >= 4 is 6.29 Å². The zero-order valence-corrected chi connectivity index (χ0v) is 8.20. The van der Waals surface area contributed by atoms with E-state index in [0.29, 0.717) is 12.5 Å². The minimum absolute atomic E-state index is 0.0835. The molecule has 0 aromatic rings. The van der Waals surface area contributed by atoms with Crippen LogP contribution in [0.15, 0.2) is 0 Å². The first-order chi connectivity index (χ1) is 5.51. The highest BCUT2D eigenvalue weighted by molar-refractivity contribution is 5.64. The monoisotopic (exact) mass is 171 g/mol. The van der Waals surface area contributed by atoms with E-state index >= 15 is 0 Å². The van der Waals surface area contributed by atoms with Crippen LogP contribution in [-0.2, 0) is 9.53 Å². The van der Waals surface area contributed by atoms with E-state index in [-0.39, 0.29) is 6.23 Å². The van der Waals surface area contributed by atoms with E-state index in [1.54, 1.807) is 0 Å². The van der Waals surface area contributed by atoms with E-state index in [1.807, 2.05) is 18.9 Å². The molecule has 0 spiro atoms. The summed E-state index contributed by atoms with van der Waals surface area (Å²) in [6.45, 7) is 6.60. The highest BCUT2D eigenvalue weighted by Crippen LogP contribution is 2.27. The molecule has 0 N–H and O–H groups in total. The number of rotatable bonds is 2. The van der Waals surface area contributed by atoms with Gasteiger partial charge in [-0.05, 0) is 19.9 Å². The lowest BCUT2D eigenvalue weighted by Gasteiger charge is -2.29. The van der Waals surface area contributed by atoms with Crippen molar-refractivity contribution in [2.24, 2.45) is 5.92 Å². The van der Waals surface area contributed by atoms with Crippen molar-refractivity contribution in [3.8, 4) is 0 Å². The summed E-state index contributed by atoms with van der Waals surface area (Å²) in [4.78, 5) is 12.8. The van der Waals surface area contributed by atoms with Gasteiger partial charge in [0, 0.05) is 0 Å². The second-order valence-corrected chi connectivity index (χ2v) is 4.03. The van der Waals surface area contributed by atoms with Gasteiger partial charge >= 0.3 is 0 Å². The van der Waals surface area contributed by atoms with Gasteiger partial charge in [0.1, 0.15) is 12.5 Å². The lowest BCUT2D eigenvalue weighted by molar-refractivity contribution is -0.115. The van der Waals surface area contributed by atoms with Gasteiger partial charge in [0.2, 0.25) is 0 Å². The molecular weight excluding hydrogens is 154 g/mol. The molecule has 0 saturated carbocycles. The van der Waals surface area contributed by atoms with E-state index in [4.69, 9.17) is 4.74 Å². The number of hydrogen-bond acceptors (Lipinski definition) is 3. The molecule has 1 heterocycles. The molecule has 0 aromatic carbocycles. The van der Waals surface area contributed by atoms with Crippen molar-refractivity contribution in [3.05, 3.63) is 0 Å². The van der Waals surface area contributed by atoms with Crippen LogP contribution in [0.3, 0.4) is 0 Å². The summed E-state index contributed by atoms with van der Waals surface area (Å²) in [6, 6.07) is 0. The molecule has 2 atom stereocenters. The van der Waals surface area contributed by atoms with Crippen LogP contribution >= 0.6 is 0 Å². The van der Waals surface area contributed by atoms with E-state index in [1.165, 1.54) is 0 Å². The van der Waals surface area contributed by atoms with Gasteiger partial charge in [-0.15, -0.1) is 0 Å². The maximum atomic E-state index is 10.8. The molecule has 1 aliphatic heterocycles. The maximum Gasteiger partial charge on any atom is 0.142 e. The molecule has 3 nitrogen and oxygen atoms in total. The summed E-state index contributed by atoms with van der Waals surface area (Å²) in [7, 11) is 1.94. The number of ether oxygens (including phenoxy) is 1. The first-order valence-electron chi connectivity index (χ1n) is 4.32. The fourth-order valence-corrected chi connectivity index (χ4v) is 1.52. The second-order valence-electron chi connectivity index (χ2n) is 4.03. The van der Waals surface area contributed by atoms with Crippen LogP contribution in [0.1, 0.15) is 20.8 Å². The summed E-state index contributed by atoms with van der Waals surface area (Å²) in [5, 5.41) is 0. The average molecular weight is 171 g/mol. The Labute approximate surface area is 73.7 Å². The third-order valence-corrected chi connectivity index (χ3v) is 2.56. The number of carbonyl (C=O) groups excluding carboxylic acids is 1. The van der Waals surface area contributed by atoms with Gasteiger partial charge in [-0.3, -0.25) is 4.90 Å². The molecule has 0 radical (unpaired) electrons. The standard InChI is InChI=1S/C9H17NO2/c1-7(2)8-10(4)9(3,5-11)6-12-8/h5,7-8H,6H2,1-4H3/t8-,9-/m1/s1. The fraction of sp³-hybridized carbons (Fsp3) is 0.889. The molecular formula is C9H17NO2. The molecule has 3 heteroatoms. The van der Waals surface area contributed by atoms with Crippen molar-refractivity contribution in [1.29, 1.82) is 0 Å². The highest BCUT2D eigenvalue weighted by atomic mass is 16.5. The van der Waals surface area contributed by atoms with Crippen LogP contribution in [0.4, 0.5) is 0 Å². The minimum atomic E-state index is -0.422. The molecule has 0 aliphatic carbocycles. The molecule has 0 aromatic heterocycles. The fourth-order valence-electron chi connectivity index (χ4n) is 1.52. The Morgan fingerprint density at radius 1 is 1.67 bits per heavy atom. The predicted molar refractivity (Wildman–Crippen MR) is 46.8 cm³/mol. The number of likely N-dealkylation sites (N-methyl/N-ethyl adjacent to an activating group) is 1. The number of aldehydes is 1. The quantitative estimate of drug-likeness (QED) is 0.578. The van der Waals surface area contributed by atoms with Crippen LogP contribution in [0.25, 0.3) is 0 Å². The molecule has 1 fully saturated rings. The predicted octanol–water partition coefficient (Wildman–Crippen LogP) is 0.888. The lowest BCUT2D eigenvalue weighted by Crippen LogP contribution is -2.46. The zero-order valence-electron chi connectivity index (χ0n) is 8.20. The van der Waals surface area contributed by atoms with Gasteiger partial charge in [-0.2, -0.15) is 0 Å². The molecule has 1 saturated heterocycles. The second kappa shape index (κ2) is 3.15. The van der Waals surface area contributed by atoms with E-state index in [0.717, 1.165) is 6.29 Å². The van der Waals surface area contributed by atoms with E-state index in [9.17, 15) is 4.79 Å². The third-order valence-electron chi connectivity index (χ3n) is 2.56. The first-order valence-corrected chi connectivity index (χ1v) is 4.32. The van der Waals surface area contributed by atoms with Gasteiger partial charge in [0.15, 0.2) is 0 Å². The molecule has 0 amide bonds. The highest BCUT2D eigenvalue weighted by Gasteiger charge is 2.42. The Morgan fingerprint density at radius 2 is 2.25 bits per heavy atom. The number of hydrogen-bond donors (Lipinski definition) is 0. The van der Waals surface area contributed by atoms with Crippen LogP contribution in [0.5, 0.6) is 0 Å². The summed E-state index contributed by atoms with van der Waals surface area (Å²) in [6.07, 6.45) is 1.05. The third kappa shape index (κ3) is 1.39. The molecule has 0 bridgehead atoms. The smallest absolute Gasteiger partial charge is 0.142 e. The van der Waals surface area contributed by atoms with Crippen LogP contribution in [0, 0.1) is 5.92 Å². The Hall–Kier alpha value is -0.410. The first kappa shape index (κ1) is 9.68. The zero-order chi connectivity index (χ0) is 9.35. The van der Waals surface area contributed by atoms with Crippen LogP contribution in [0.2, 0.25) is 0 Å². The number of carbonyl (C=O) groups is 1. The largest absolute Gasteiger partial charge is 0.360 e. The van der Waals surface area contributed by atoms with Crippen molar-refractivity contribution < 1.29 is 9.53 Å². The molecule has 1 aliphatic rings. The Morgan fingerprint density at radius 3 is 2.50 bits per heavy atom. The van der Waals surface area contributed by atoms with Crippen molar-refractivity contribution in [1.82, 2.24) is 4.90 Å². The molecule has 0 unspecified atom stereocenters. The summed E-state index contributed by atoms with van der Waals surface area (Å²) in [5.41, 5.74) is -0.422. The molecule has 1 rings (SSSR count). The average Bonchev–Trinajstić information content (AvgIpc) is 2.30. The Kier molecular flexibility index (Phi) is 2.54. The van der Waals surface area contributed by atoms with Gasteiger partial charge < -0.3 is 9.53 Å². The van der Waals surface area contributed by atoms with Crippen molar-refractivity contribution in [2.45, 2.75) is 32.5 Å². The summed E-state index contributed by atoms with van der Waals surface area (Å²) in [5.74, 6) is 0.428. The van der Waals surface area contributed by atoms with Crippen LogP contribution in [-0.4, -0.2) is 36.6 Å². The number of nitrogens with zero attached hydrogens (tertiary/aromatic N) is 1. The van der Waals surface area contributed by atoms with Gasteiger partial charge in [0.25, 0.3) is 0 Å². The van der Waals surface area contributed by atoms with Gasteiger partial charge in [0.05, 0.1) is 12.1 Å². The topological polar surface area (TPSA) is 29.5 Å². The summed E-state index contributed by atoms with van der Waals surface area (Å²) >= 11 is 0. The normalized spacial score (nSPS) is 37.6. The Balaban J connectivity index is 2.73. The maximum absolute atomic E-state index is 10.8. The SMILES string of the molecule is CC(C)[C@H]1OC[C@@](C)(C=O)N1C. The van der Waals surface area contributed by atoms with E-state index in [2.05, 4.69) is 13.8 Å². The molecule has 12 heavy (non-hydrogen) atoms. The van der Waals surface area contributed by atoms with Gasteiger partial charge in [-0.25, -0.2) is 0 Å². The van der Waals surface area contributed by atoms with Crippen molar-refractivity contribution in [3.63, 3.8) is 0 Å². The van der Waals surface area contributed by atoms with Gasteiger partial charge in [-0.1, -0.05) is 13.8 Å². The van der Waals surface area contributed by atoms with Crippen LogP contribution < -0.4 is 0 Å². The lowest BCUT2D eigenvalue weighted by atomic mass is 10.0. The van der Waals surface area contributed by atoms with E-state index < -0.39 is 5.54 Å².